The van der Waals surface area contributed by atoms with E-state index in [0.29, 0.717) is 35.2 Å². The van der Waals surface area contributed by atoms with Crippen LogP contribution in [-0.4, -0.2) is 36.9 Å². The predicted molar refractivity (Wildman–Crippen MR) is 74.0 cm³/mol. The molecule has 1 heterocycles. The minimum atomic E-state index is -0.0798. The molecule has 0 aliphatic carbocycles. The van der Waals surface area contributed by atoms with Crippen LogP contribution in [0.2, 0.25) is 0 Å². The van der Waals surface area contributed by atoms with Gasteiger partial charge in [-0.25, -0.2) is 4.98 Å². The van der Waals surface area contributed by atoms with Crippen LogP contribution < -0.4 is 11.1 Å². The molecule has 6 nitrogen and oxygen atoms in total. The Hall–Kier alpha value is -1.73. The summed E-state index contributed by atoms with van der Waals surface area (Å²) >= 11 is 1.25. The first kappa shape index (κ1) is 13.7. The molecule has 7 heteroatoms. The topological polar surface area (TPSA) is 90.4 Å². The summed E-state index contributed by atoms with van der Waals surface area (Å²) in [7, 11) is 1.59. The number of nitrogens with two attached hydrogens (primary N) is 1. The Labute approximate surface area is 114 Å². The number of ether oxygens (including phenoxy) is 1. The monoisotopic (exact) mass is 281 g/mol. The van der Waals surface area contributed by atoms with Gasteiger partial charge in [0.25, 0.3) is 5.22 Å². The van der Waals surface area contributed by atoms with E-state index < -0.39 is 0 Å². The van der Waals surface area contributed by atoms with Gasteiger partial charge in [-0.1, -0.05) is 11.8 Å². The van der Waals surface area contributed by atoms with Crippen LogP contribution in [0.25, 0.3) is 11.1 Å². The number of carbonyl (C=O) groups excluding carboxylic acids is 1. The smallest absolute Gasteiger partial charge is 0.257 e. The van der Waals surface area contributed by atoms with Crippen molar-refractivity contribution in [1.29, 1.82) is 0 Å². The van der Waals surface area contributed by atoms with E-state index in [1.165, 1.54) is 11.8 Å². The summed E-state index contributed by atoms with van der Waals surface area (Å²) in [5, 5.41) is 3.18. The number of thioether (sulfide) groups is 1. The van der Waals surface area contributed by atoms with Gasteiger partial charge in [0.2, 0.25) is 5.91 Å². The van der Waals surface area contributed by atoms with E-state index in [2.05, 4.69) is 10.3 Å². The number of benzene rings is 1. The van der Waals surface area contributed by atoms with Gasteiger partial charge in [0.05, 0.1) is 12.4 Å². The summed E-state index contributed by atoms with van der Waals surface area (Å²) in [6, 6.07) is 5.25. The van der Waals surface area contributed by atoms with Gasteiger partial charge in [-0.05, 0) is 18.2 Å². The Balaban J connectivity index is 1.89. The molecule has 0 aliphatic rings. The van der Waals surface area contributed by atoms with Crippen LogP contribution in [0.3, 0.4) is 0 Å². The number of rotatable bonds is 6. The molecule has 2 rings (SSSR count). The third kappa shape index (κ3) is 3.87. The van der Waals surface area contributed by atoms with Crippen LogP contribution in [0, 0.1) is 0 Å². The van der Waals surface area contributed by atoms with Crippen molar-refractivity contribution in [3.8, 4) is 0 Å². The van der Waals surface area contributed by atoms with Crippen LogP contribution in [-0.2, 0) is 9.53 Å². The lowest BCUT2D eigenvalue weighted by atomic mass is 10.3. The van der Waals surface area contributed by atoms with Gasteiger partial charge in [0, 0.05) is 19.3 Å². The van der Waals surface area contributed by atoms with Crippen molar-refractivity contribution >= 4 is 34.5 Å². The zero-order chi connectivity index (χ0) is 13.7. The molecule has 0 bridgehead atoms. The number of aromatic nitrogens is 1. The lowest BCUT2D eigenvalue weighted by Gasteiger charge is -2.02. The van der Waals surface area contributed by atoms with E-state index in [-0.39, 0.29) is 11.7 Å². The van der Waals surface area contributed by atoms with Crippen molar-refractivity contribution in [3.05, 3.63) is 18.2 Å². The van der Waals surface area contributed by atoms with E-state index in [1.54, 1.807) is 25.3 Å². The average molecular weight is 281 g/mol. The van der Waals surface area contributed by atoms with Crippen molar-refractivity contribution in [2.75, 3.05) is 31.7 Å². The second-order valence-corrected chi connectivity index (χ2v) is 4.76. The second-order valence-electron chi connectivity index (χ2n) is 3.84. The number of anilines is 1. The van der Waals surface area contributed by atoms with Gasteiger partial charge >= 0.3 is 0 Å². The number of hydrogen-bond acceptors (Lipinski definition) is 6. The number of carbonyl (C=O) groups is 1. The third-order valence-corrected chi connectivity index (χ3v) is 3.18. The highest BCUT2D eigenvalue weighted by Gasteiger charge is 2.09. The molecule has 0 atom stereocenters. The van der Waals surface area contributed by atoms with Gasteiger partial charge < -0.3 is 20.2 Å². The quantitative estimate of drug-likeness (QED) is 0.471. The fourth-order valence-electron chi connectivity index (χ4n) is 1.46. The van der Waals surface area contributed by atoms with Crippen molar-refractivity contribution in [2.24, 2.45) is 0 Å². The van der Waals surface area contributed by atoms with Crippen LogP contribution in [0.1, 0.15) is 0 Å². The Morgan fingerprint density at radius 2 is 2.42 bits per heavy atom. The van der Waals surface area contributed by atoms with E-state index in [4.69, 9.17) is 14.9 Å². The zero-order valence-electron chi connectivity index (χ0n) is 10.5. The van der Waals surface area contributed by atoms with Gasteiger partial charge in [-0.3, -0.25) is 4.79 Å². The number of nitrogens with one attached hydrogen (secondary N) is 1. The zero-order valence-corrected chi connectivity index (χ0v) is 11.3. The van der Waals surface area contributed by atoms with Crippen molar-refractivity contribution in [1.82, 2.24) is 10.3 Å². The SMILES string of the molecule is COCCNC(=O)CSc1nc2cc(N)ccc2o1. The highest BCUT2D eigenvalue weighted by atomic mass is 32.2. The Bertz CT molecular complexity index is 570. The highest BCUT2D eigenvalue weighted by molar-refractivity contribution is 7.99. The average Bonchev–Trinajstić information content (AvgIpc) is 2.78. The summed E-state index contributed by atoms with van der Waals surface area (Å²) in [4.78, 5) is 15.7. The Morgan fingerprint density at radius 1 is 1.58 bits per heavy atom. The molecular formula is C12H15N3O3S. The normalized spacial score (nSPS) is 10.8. The maximum absolute atomic E-state index is 11.5. The minimum absolute atomic E-state index is 0.0798. The van der Waals surface area contributed by atoms with Gasteiger partial charge in [-0.2, -0.15) is 0 Å². The highest BCUT2D eigenvalue weighted by Crippen LogP contribution is 2.24. The molecular weight excluding hydrogens is 266 g/mol. The summed E-state index contributed by atoms with van der Waals surface area (Å²) in [6.45, 7) is 0.999. The molecule has 1 aromatic heterocycles. The van der Waals surface area contributed by atoms with Crippen LogP contribution >= 0.6 is 11.8 Å². The standard InChI is InChI=1S/C12H15N3O3S/c1-17-5-4-14-11(16)7-19-12-15-9-6-8(13)2-3-10(9)18-12/h2-3,6H,4-5,7,13H2,1H3,(H,14,16). The van der Waals surface area contributed by atoms with Crippen molar-refractivity contribution < 1.29 is 13.9 Å². The van der Waals surface area contributed by atoms with Crippen LogP contribution in [0.15, 0.2) is 27.8 Å². The number of amides is 1. The van der Waals surface area contributed by atoms with E-state index >= 15 is 0 Å². The Morgan fingerprint density at radius 3 is 3.21 bits per heavy atom. The maximum Gasteiger partial charge on any atom is 0.257 e. The first-order valence-corrected chi connectivity index (χ1v) is 6.72. The van der Waals surface area contributed by atoms with Crippen molar-refractivity contribution in [2.45, 2.75) is 5.22 Å². The van der Waals surface area contributed by atoms with E-state index in [9.17, 15) is 4.79 Å². The largest absolute Gasteiger partial charge is 0.431 e. The maximum atomic E-state index is 11.5. The number of fused-ring (bicyclic) bond motifs is 1. The van der Waals surface area contributed by atoms with Crippen LogP contribution in [0.5, 0.6) is 0 Å². The molecule has 1 amide bonds. The lowest BCUT2D eigenvalue weighted by molar-refractivity contribution is -0.118. The van der Waals surface area contributed by atoms with E-state index in [1.807, 2.05) is 0 Å². The molecule has 0 saturated heterocycles. The molecule has 1 aromatic carbocycles. The molecule has 0 radical (unpaired) electrons. The van der Waals surface area contributed by atoms with E-state index in [0.717, 1.165) is 0 Å². The molecule has 0 unspecified atom stereocenters. The molecule has 102 valence electrons. The molecule has 0 saturated carbocycles. The summed E-state index contributed by atoms with van der Waals surface area (Å²) in [5.74, 6) is 0.176. The minimum Gasteiger partial charge on any atom is -0.431 e. The summed E-state index contributed by atoms with van der Waals surface area (Å²) in [6.07, 6.45) is 0. The Kier molecular flexibility index (Phi) is 4.64. The third-order valence-electron chi connectivity index (χ3n) is 2.35. The molecule has 19 heavy (non-hydrogen) atoms. The number of hydrogen-bond donors (Lipinski definition) is 2. The molecule has 0 aliphatic heterocycles. The molecule has 0 spiro atoms. The fraction of sp³-hybridized carbons (Fsp3) is 0.333. The van der Waals surface area contributed by atoms with Gasteiger partial charge in [0.1, 0.15) is 5.52 Å². The van der Waals surface area contributed by atoms with Gasteiger partial charge in [-0.15, -0.1) is 0 Å². The first-order chi connectivity index (χ1) is 9.19. The fourth-order valence-corrected chi connectivity index (χ4v) is 2.12. The molecule has 0 fully saturated rings. The second kappa shape index (κ2) is 6.44. The number of nitrogen functional groups attached to an aromatic ring is 1. The summed E-state index contributed by atoms with van der Waals surface area (Å²) in [5.41, 5.74) is 7.65. The number of oxazole rings is 1. The summed E-state index contributed by atoms with van der Waals surface area (Å²) < 4.78 is 10.3. The van der Waals surface area contributed by atoms with Gasteiger partial charge in [0.15, 0.2) is 5.58 Å². The van der Waals surface area contributed by atoms with Crippen LogP contribution in [0.4, 0.5) is 5.69 Å². The lowest BCUT2D eigenvalue weighted by Crippen LogP contribution is -2.28. The predicted octanol–water partition coefficient (Wildman–Crippen LogP) is 1.26. The first-order valence-electron chi connectivity index (χ1n) is 5.73. The molecule has 3 N–H and O–H groups in total. The number of methoxy groups -OCH3 is 1. The van der Waals surface area contributed by atoms with Crippen molar-refractivity contribution in [3.63, 3.8) is 0 Å². The molecule has 2 aromatic rings. The number of nitrogens with zero attached hydrogens (tertiary/aromatic N) is 1.